The summed E-state index contributed by atoms with van der Waals surface area (Å²) in [7, 11) is 0. The average Bonchev–Trinajstić information content (AvgIpc) is 3.04. The van der Waals surface area contributed by atoms with Crippen molar-refractivity contribution in [3.05, 3.63) is 71.9 Å². The van der Waals surface area contributed by atoms with Crippen molar-refractivity contribution in [3.63, 3.8) is 0 Å². The summed E-state index contributed by atoms with van der Waals surface area (Å²) >= 11 is 0. The van der Waals surface area contributed by atoms with Crippen LogP contribution in [-0.4, -0.2) is 23.3 Å². The molecule has 2 aromatic carbocycles. The zero-order valence-corrected chi connectivity index (χ0v) is 13.5. The molecule has 0 aliphatic rings. The number of nitrogens with one attached hydrogen (secondary N) is 1. The Labute approximate surface area is 140 Å². The molecule has 0 radical (unpaired) electrons. The Bertz CT molecular complexity index is 851. The van der Waals surface area contributed by atoms with E-state index in [0.717, 1.165) is 16.5 Å². The standard InChI is InChI=1S/C20H19NO3/c1-14(15-7-3-2-4-8-15)11-20(23)24-13-19(22)17-12-21-18-10-6-5-9-16(17)18/h2-10,12,14,21H,11,13H2,1H3/t14-/m0/s1. The van der Waals surface area contributed by atoms with E-state index < -0.39 is 0 Å². The highest BCUT2D eigenvalue weighted by molar-refractivity contribution is 6.08. The van der Waals surface area contributed by atoms with Crippen LogP contribution in [0.2, 0.25) is 0 Å². The van der Waals surface area contributed by atoms with Crippen LogP contribution < -0.4 is 0 Å². The molecule has 0 saturated heterocycles. The Balaban J connectivity index is 1.57. The number of benzene rings is 2. The zero-order valence-electron chi connectivity index (χ0n) is 13.5. The summed E-state index contributed by atoms with van der Waals surface area (Å²) in [5.41, 5.74) is 2.52. The Morgan fingerprint density at radius 3 is 2.54 bits per heavy atom. The molecule has 4 nitrogen and oxygen atoms in total. The van der Waals surface area contributed by atoms with Crippen LogP contribution in [0.15, 0.2) is 60.8 Å². The lowest BCUT2D eigenvalue weighted by Crippen LogP contribution is -2.15. The topological polar surface area (TPSA) is 59.2 Å². The molecule has 3 aromatic rings. The Kier molecular flexibility index (Phi) is 4.75. The molecule has 0 aliphatic carbocycles. The van der Waals surface area contributed by atoms with Gasteiger partial charge in [-0.1, -0.05) is 55.5 Å². The van der Waals surface area contributed by atoms with Crippen LogP contribution >= 0.6 is 0 Å². The molecular formula is C20H19NO3. The number of fused-ring (bicyclic) bond motifs is 1. The van der Waals surface area contributed by atoms with Gasteiger partial charge in [-0.3, -0.25) is 9.59 Å². The first-order valence-corrected chi connectivity index (χ1v) is 7.95. The van der Waals surface area contributed by atoms with Crippen LogP contribution in [0.5, 0.6) is 0 Å². The number of aromatic amines is 1. The molecule has 0 saturated carbocycles. The van der Waals surface area contributed by atoms with Gasteiger partial charge >= 0.3 is 5.97 Å². The van der Waals surface area contributed by atoms with Crippen molar-refractivity contribution in [3.8, 4) is 0 Å². The van der Waals surface area contributed by atoms with Gasteiger partial charge in [-0.2, -0.15) is 0 Å². The predicted octanol–water partition coefficient (Wildman–Crippen LogP) is 4.09. The van der Waals surface area contributed by atoms with E-state index in [-0.39, 0.29) is 30.7 Å². The zero-order chi connectivity index (χ0) is 16.9. The lowest BCUT2D eigenvalue weighted by molar-refractivity contribution is -0.142. The number of rotatable bonds is 6. The normalized spacial score (nSPS) is 12.0. The highest BCUT2D eigenvalue weighted by Crippen LogP contribution is 2.20. The van der Waals surface area contributed by atoms with Gasteiger partial charge in [-0.05, 0) is 17.5 Å². The number of carbonyl (C=O) groups excluding carboxylic acids is 2. The number of ether oxygens (including phenoxy) is 1. The van der Waals surface area contributed by atoms with E-state index in [9.17, 15) is 9.59 Å². The van der Waals surface area contributed by atoms with Crippen molar-refractivity contribution >= 4 is 22.7 Å². The van der Waals surface area contributed by atoms with Crippen LogP contribution in [0.4, 0.5) is 0 Å². The Morgan fingerprint density at radius 1 is 1.04 bits per heavy atom. The quantitative estimate of drug-likeness (QED) is 0.549. The van der Waals surface area contributed by atoms with Gasteiger partial charge in [0.1, 0.15) is 0 Å². The van der Waals surface area contributed by atoms with Crippen LogP contribution in [0.25, 0.3) is 10.9 Å². The van der Waals surface area contributed by atoms with E-state index in [2.05, 4.69) is 4.98 Å². The van der Waals surface area contributed by atoms with Crippen molar-refractivity contribution in [1.82, 2.24) is 4.98 Å². The summed E-state index contributed by atoms with van der Waals surface area (Å²) in [5.74, 6) is -0.505. The van der Waals surface area contributed by atoms with E-state index in [0.29, 0.717) is 5.56 Å². The van der Waals surface area contributed by atoms with Crippen LogP contribution in [0.3, 0.4) is 0 Å². The van der Waals surface area contributed by atoms with E-state index in [1.54, 1.807) is 6.20 Å². The van der Waals surface area contributed by atoms with E-state index >= 15 is 0 Å². The largest absolute Gasteiger partial charge is 0.457 e. The van der Waals surface area contributed by atoms with Gasteiger partial charge in [0.15, 0.2) is 6.61 Å². The molecule has 24 heavy (non-hydrogen) atoms. The van der Waals surface area contributed by atoms with Crippen molar-refractivity contribution < 1.29 is 14.3 Å². The van der Waals surface area contributed by atoms with Crippen molar-refractivity contribution in [1.29, 1.82) is 0 Å². The SMILES string of the molecule is C[C@@H](CC(=O)OCC(=O)c1c[nH]c2ccccc12)c1ccccc1. The maximum Gasteiger partial charge on any atom is 0.306 e. The summed E-state index contributed by atoms with van der Waals surface area (Å²) in [6.45, 7) is 1.74. The first kappa shape index (κ1) is 16.0. The fraction of sp³-hybridized carbons (Fsp3) is 0.200. The lowest BCUT2D eigenvalue weighted by Gasteiger charge is -2.11. The number of carbonyl (C=O) groups is 2. The Morgan fingerprint density at radius 2 is 1.75 bits per heavy atom. The minimum atomic E-state index is -0.362. The summed E-state index contributed by atoms with van der Waals surface area (Å²) in [6, 6.07) is 17.3. The number of aromatic nitrogens is 1. The maximum atomic E-state index is 12.3. The fourth-order valence-electron chi connectivity index (χ4n) is 2.73. The Hall–Kier alpha value is -2.88. The molecule has 0 spiro atoms. The number of hydrogen-bond acceptors (Lipinski definition) is 3. The highest BCUT2D eigenvalue weighted by atomic mass is 16.5. The van der Waals surface area contributed by atoms with Gasteiger partial charge in [0.05, 0.1) is 6.42 Å². The average molecular weight is 321 g/mol. The van der Waals surface area contributed by atoms with Gasteiger partial charge in [-0.15, -0.1) is 0 Å². The van der Waals surface area contributed by atoms with Gasteiger partial charge in [0.25, 0.3) is 0 Å². The van der Waals surface area contributed by atoms with Gasteiger partial charge in [-0.25, -0.2) is 0 Å². The van der Waals surface area contributed by atoms with Crippen LogP contribution in [0.1, 0.15) is 35.2 Å². The monoisotopic (exact) mass is 321 g/mol. The number of H-pyrrole nitrogens is 1. The van der Waals surface area contributed by atoms with E-state index in [4.69, 9.17) is 4.74 Å². The molecule has 1 aromatic heterocycles. The van der Waals surface area contributed by atoms with E-state index in [1.807, 2.05) is 61.5 Å². The molecule has 122 valence electrons. The summed E-state index contributed by atoms with van der Waals surface area (Å²) in [4.78, 5) is 27.3. The molecule has 0 aliphatic heterocycles. The summed E-state index contributed by atoms with van der Waals surface area (Å²) in [5, 5.41) is 0.844. The number of para-hydroxylation sites is 1. The van der Waals surface area contributed by atoms with Crippen LogP contribution in [0, 0.1) is 0 Å². The maximum absolute atomic E-state index is 12.3. The second-order valence-electron chi connectivity index (χ2n) is 5.85. The molecule has 0 unspecified atom stereocenters. The second kappa shape index (κ2) is 7.13. The predicted molar refractivity (Wildman–Crippen MR) is 93.1 cm³/mol. The first-order chi connectivity index (χ1) is 11.6. The van der Waals surface area contributed by atoms with Crippen molar-refractivity contribution in [2.75, 3.05) is 6.61 Å². The molecule has 1 atom stereocenters. The number of esters is 1. The highest BCUT2D eigenvalue weighted by Gasteiger charge is 2.16. The lowest BCUT2D eigenvalue weighted by atomic mass is 9.98. The van der Waals surface area contributed by atoms with Crippen LogP contribution in [-0.2, 0) is 9.53 Å². The van der Waals surface area contributed by atoms with Gasteiger partial charge in [0, 0.05) is 22.7 Å². The summed E-state index contributed by atoms with van der Waals surface area (Å²) in [6.07, 6.45) is 1.92. The molecule has 1 heterocycles. The second-order valence-corrected chi connectivity index (χ2v) is 5.85. The third-order valence-corrected chi connectivity index (χ3v) is 4.10. The van der Waals surface area contributed by atoms with Crippen molar-refractivity contribution in [2.45, 2.75) is 19.3 Å². The molecule has 0 bridgehead atoms. The molecule has 0 amide bonds. The molecule has 3 rings (SSSR count). The molecular weight excluding hydrogens is 302 g/mol. The third kappa shape index (κ3) is 3.54. The van der Waals surface area contributed by atoms with E-state index in [1.165, 1.54) is 0 Å². The van der Waals surface area contributed by atoms with Gasteiger partial charge in [0.2, 0.25) is 5.78 Å². The number of ketones is 1. The first-order valence-electron chi connectivity index (χ1n) is 7.95. The summed E-state index contributed by atoms with van der Waals surface area (Å²) < 4.78 is 5.17. The fourth-order valence-corrected chi connectivity index (χ4v) is 2.73. The number of hydrogen-bond donors (Lipinski definition) is 1. The van der Waals surface area contributed by atoms with Gasteiger partial charge < -0.3 is 9.72 Å². The minimum Gasteiger partial charge on any atom is -0.457 e. The third-order valence-electron chi connectivity index (χ3n) is 4.10. The minimum absolute atomic E-state index is 0.0573. The smallest absolute Gasteiger partial charge is 0.306 e. The molecule has 1 N–H and O–H groups in total. The number of Topliss-reactive ketones (excluding diaryl/α,β-unsaturated/α-hetero) is 1. The molecule has 0 fully saturated rings. The molecule has 4 heteroatoms. The van der Waals surface area contributed by atoms with Crippen molar-refractivity contribution in [2.24, 2.45) is 0 Å².